The highest BCUT2D eigenvalue weighted by atomic mass is 16.5. The number of unbranched alkanes of at least 4 members (excludes halogenated alkanes) is 55. The second kappa shape index (κ2) is 65.4. The van der Waals surface area contributed by atoms with E-state index >= 15 is 0 Å². The van der Waals surface area contributed by atoms with Crippen LogP contribution in [0.2, 0.25) is 0 Å². The largest absolute Gasteiger partial charge is 0.466 e. The standard InChI is InChI=1S/C69H137NO5/c1-3-5-7-9-11-13-15-16-35-39-43-47-51-55-59-63-69(74)75-64-60-56-52-48-44-40-37-34-32-30-28-26-24-22-20-18-17-19-21-23-25-27-29-31-33-36-38-42-46-50-54-58-62-68(73)70-66(65-71)67(72)61-57-53-49-45-41-14-12-10-8-6-4-2/h66-67,71-72H,3-65H2,1-2H3,(H,70,73). The van der Waals surface area contributed by atoms with Crippen molar-refractivity contribution < 1.29 is 24.5 Å². The molecule has 0 saturated carbocycles. The van der Waals surface area contributed by atoms with Crippen LogP contribution in [0.5, 0.6) is 0 Å². The number of amides is 1. The van der Waals surface area contributed by atoms with Crippen molar-refractivity contribution in [2.24, 2.45) is 0 Å². The maximum absolute atomic E-state index is 12.5. The van der Waals surface area contributed by atoms with Gasteiger partial charge in [-0.1, -0.05) is 367 Å². The third-order valence-electron chi connectivity index (χ3n) is 16.7. The average molecular weight is 1060 g/mol. The molecule has 3 N–H and O–H groups in total. The summed E-state index contributed by atoms with van der Waals surface area (Å²) >= 11 is 0. The van der Waals surface area contributed by atoms with E-state index in [4.69, 9.17) is 4.74 Å². The van der Waals surface area contributed by atoms with E-state index in [0.717, 1.165) is 38.5 Å². The predicted molar refractivity (Wildman–Crippen MR) is 329 cm³/mol. The molecule has 6 heteroatoms. The molecule has 0 aromatic carbocycles. The maximum atomic E-state index is 12.5. The van der Waals surface area contributed by atoms with Crippen molar-refractivity contribution >= 4 is 11.9 Å². The van der Waals surface area contributed by atoms with Crippen LogP contribution in [-0.4, -0.2) is 47.4 Å². The Morgan fingerprint density at radius 2 is 0.547 bits per heavy atom. The first-order valence-electron chi connectivity index (χ1n) is 34.8. The van der Waals surface area contributed by atoms with E-state index in [2.05, 4.69) is 19.2 Å². The summed E-state index contributed by atoms with van der Waals surface area (Å²) in [6.07, 6.45) is 78.8. The Kier molecular flexibility index (Phi) is 64.4. The number of esters is 1. The van der Waals surface area contributed by atoms with E-state index in [9.17, 15) is 19.8 Å². The molecule has 2 atom stereocenters. The minimum absolute atomic E-state index is 0.0251. The van der Waals surface area contributed by atoms with Crippen molar-refractivity contribution in [3.63, 3.8) is 0 Å². The van der Waals surface area contributed by atoms with Gasteiger partial charge in [0, 0.05) is 12.8 Å². The van der Waals surface area contributed by atoms with Crippen LogP contribution >= 0.6 is 0 Å². The SMILES string of the molecule is CCCCCCCCCCCCCCCCCC(=O)OCCCCCCCCCCCCCCCCCCCCCCCCCCCCCCCCCCC(=O)NC(CO)C(O)CCCCCCCCCCCCC. The van der Waals surface area contributed by atoms with Crippen molar-refractivity contribution in [2.75, 3.05) is 13.2 Å². The van der Waals surface area contributed by atoms with Crippen molar-refractivity contribution in [3.05, 3.63) is 0 Å². The van der Waals surface area contributed by atoms with Crippen molar-refractivity contribution in [2.45, 2.75) is 418 Å². The topological polar surface area (TPSA) is 95.9 Å². The Morgan fingerprint density at radius 1 is 0.320 bits per heavy atom. The highest BCUT2D eigenvalue weighted by Gasteiger charge is 2.20. The molecule has 0 aromatic heterocycles. The van der Waals surface area contributed by atoms with Crippen molar-refractivity contribution in [1.82, 2.24) is 5.32 Å². The van der Waals surface area contributed by atoms with Crippen LogP contribution in [-0.2, 0) is 14.3 Å². The van der Waals surface area contributed by atoms with Gasteiger partial charge in [-0.3, -0.25) is 9.59 Å². The normalized spacial score (nSPS) is 12.4. The quantitative estimate of drug-likeness (QED) is 0.0417. The molecule has 0 aliphatic heterocycles. The molecule has 0 heterocycles. The average Bonchev–Trinajstić information content (AvgIpc) is 3.41. The number of rotatable bonds is 66. The Balaban J connectivity index is 3.28. The molecule has 0 fully saturated rings. The number of ether oxygens (including phenoxy) is 1. The second-order valence-electron chi connectivity index (χ2n) is 24.2. The molecular formula is C69H137NO5. The summed E-state index contributed by atoms with van der Waals surface area (Å²) in [6.45, 7) is 4.99. The molecule has 0 bridgehead atoms. The third-order valence-corrected chi connectivity index (χ3v) is 16.7. The van der Waals surface area contributed by atoms with Gasteiger partial charge in [0.25, 0.3) is 0 Å². The Morgan fingerprint density at radius 3 is 0.813 bits per heavy atom. The number of carbonyl (C=O) groups excluding carboxylic acids is 2. The van der Waals surface area contributed by atoms with Crippen LogP contribution in [0.25, 0.3) is 0 Å². The predicted octanol–water partition coefficient (Wildman–Crippen LogP) is 22.2. The molecule has 6 nitrogen and oxygen atoms in total. The summed E-state index contributed by atoms with van der Waals surface area (Å²) in [5.74, 6) is -0.00372. The monoisotopic (exact) mass is 1060 g/mol. The maximum Gasteiger partial charge on any atom is 0.305 e. The third kappa shape index (κ3) is 61.9. The van der Waals surface area contributed by atoms with Crippen LogP contribution in [0.1, 0.15) is 406 Å². The van der Waals surface area contributed by atoms with Gasteiger partial charge in [-0.05, 0) is 25.7 Å². The first-order chi connectivity index (χ1) is 37.0. The molecule has 0 aliphatic rings. The minimum atomic E-state index is -0.658. The number of carbonyl (C=O) groups is 2. The smallest absolute Gasteiger partial charge is 0.305 e. The van der Waals surface area contributed by atoms with Crippen LogP contribution in [0.3, 0.4) is 0 Å². The fourth-order valence-corrected chi connectivity index (χ4v) is 11.4. The number of aliphatic hydroxyl groups excluding tert-OH is 2. The number of hydrogen-bond donors (Lipinski definition) is 3. The zero-order valence-corrected chi connectivity index (χ0v) is 51.3. The lowest BCUT2D eigenvalue weighted by Gasteiger charge is -2.22. The van der Waals surface area contributed by atoms with Crippen LogP contribution in [0, 0.1) is 0 Å². The fourth-order valence-electron chi connectivity index (χ4n) is 11.4. The minimum Gasteiger partial charge on any atom is -0.466 e. The highest BCUT2D eigenvalue weighted by Crippen LogP contribution is 2.19. The van der Waals surface area contributed by atoms with E-state index in [1.54, 1.807) is 0 Å². The van der Waals surface area contributed by atoms with Crippen molar-refractivity contribution in [3.8, 4) is 0 Å². The van der Waals surface area contributed by atoms with Crippen LogP contribution in [0.4, 0.5) is 0 Å². The molecule has 75 heavy (non-hydrogen) atoms. The highest BCUT2D eigenvalue weighted by molar-refractivity contribution is 5.76. The number of hydrogen-bond acceptors (Lipinski definition) is 5. The van der Waals surface area contributed by atoms with Gasteiger partial charge in [-0.25, -0.2) is 0 Å². The lowest BCUT2D eigenvalue weighted by atomic mass is 10.0. The van der Waals surface area contributed by atoms with Crippen LogP contribution < -0.4 is 5.32 Å². The second-order valence-corrected chi connectivity index (χ2v) is 24.2. The zero-order chi connectivity index (χ0) is 54.3. The lowest BCUT2D eigenvalue weighted by molar-refractivity contribution is -0.143. The number of nitrogens with one attached hydrogen (secondary N) is 1. The van der Waals surface area contributed by atoms with E-state index in [1.807, 2.05) is 0 Å². The molecule has 0 radical (unpaired) electrons. The van der Waals surface area contributed by atoms with Crippen molar-refractivity contribution in [1.29, 1.82) is 0 Å². The van der Waals surface area contributed by atoms with Gasteiger partial charge in [-0.2, -0.15) is 0 Å². The molecule has 0 saturated heterocycles. The molecule has 1 amide bonds. The van der Waals surface area contributed by atoms with Gasteiger partial charge in [0.05, 0.1) is 25.4 Å². The van der Waals surface area contributed by atoms with Gasteiger partial charge < -0.3 is 20.3 Å². The summed E-state index contributed by atoms with van der Waals surface area (Å²) in [7, 11) is 0. The molecular weight excluding hydrogens is 923 g/mol. The summed E-state index contributed by atoms with van der Waals surface area (Å²) < 4.78 is 5.50. The summed E-state index contributed by atoms with van der Waals surface area (Å²) in [6, 6.07) is -0.535. The van der Waals surface area contributed by atoms with Gasteiger partial charge in [0.2, 0.25) is 5.91 Å². The summed E-state index contributed by atoms with van der Waals surface area (Å²) in [5, 5.41) is 23.2. The molecule has 0 spiro atoms. The van der Waals surface area contributed by atoms with Gasteiger partial charge in [-0.15, -0.1) is 0 Å². The zero-order valence-electron chi connectivity index (χ0n) is 51.3. The van der Waals surface area contributed by atoms with Gasteiger partial charge in [0.15, 0.2) is 0 Å². The summed E-state index contributed by atoms with van der Waals surface area (Å²) in [5.41, 5.74) is 0. The van der Waals surface area contributed by atoms with Gasteiger partial charge >= 0.3 is 5.97 Å². The molecule has 0 rings (SSSR count). The van der Waals surface area contributed by atoms with Gasteiger partial charge in [0.1, 0.15) is 0 Å². The number of aliphatic hydroxyl groups is 2. The Hall–Kier alpha value is -1.14. The fraction of sp³-hybridized carbons (Fsp3) is 0.971. The van der Waals surface area contributed by atoms with Crippen LogP contribution in [0.15, 0.2) is 0 Å². The van der Waals surface area contributed by atoms with E-state index < -0.39 is 12.1 Å². The van der Waals surface area contributed by atoms with E-state index in [0.29, 0.717) is 25.9 Å². The molecule has 2 unspecified atom stereocenters. The molecule has 0 aromatic rings. The summed E-state index contributed by atoms with van der Waals surface area (Å²) in [4.78, 5) is 24.5. The first kappa shape index (κ1) is 73.9. The Bertz CT molecular complexity index is 1080. The Labute approximate surface area is 470 Å². The van der Waals surface area contributed by atoms with E-state index in [-0.39, 0.29) is 18.5 Å². The lowest BCUT2D eigenvalue weighted by Crippen LogP contribution is -2.45. The first-order valence-corrected chi connectivity index (χ1v) is 34.8. The molecule has 0 aliphatic carbocycles. The van der Waals surface area contributed by atoms with E-state index in [1.165, 1.54) is 334 Å². The molecule has 448 valence electrons.